The summed E-state index contributed by atoms with van der Waals surface area (Å²) in [5.41, 5.74) is 3.21. The molecule has 0 aliphatic rings. The highest BCUT2D eigenvalue weighted by Gasteiger charge is 2.17. The monoisotopic (exact) mass is 427 g/mol. The summed E-state index contributed by atoms with van der Waals surface area (Å²) in [4.78, 5) is 14.8. The zero-order valence-electron chi connectivity index (χ0n) is 16.7. The van der Waals surface area contributed by atoms with E-state index in [1.54, 1.807) is 53.4 Å². The summed E-state index contributed by atoms with van der Waals surface area (Å²) < 4.78 is 40.6. The van der Waals surface area contributed by atoms with Gasteiger partial charge in [-0.2, -0.15) is 8.42 Å². The number of hydrogen-bond acceptors (Lipinski definition) is 4. The number of carbonyl (C=O) groups is 1. The van der Waals surface area contributed by atoms with E-state index in [-0.39, 0.29) is 17.5 Å². The minimum atomic E-state index is -3.61. The van der Waals surface area contributed by atoms with E-state index in [0.29, 0.717) is 18.7 Å². The molecule has 0 fully saturated rings. The summed E-state index contributed by atoms with van der Waals surface area (Å²) in [6.45, 7) is 2.54. The average molecular weight is 427 g/mol. The van der Waals surface area contributed by atoms with Crippen molar-refractivity contribution in [2.75, 3.05) is 6.26 Å². The molecule has 0 aliphatic carbocycles. The van der Waals surface area contributed by atoms with E-state index in [4.69, 9.17) is 4.18 Å². The van der Waals surface area contributed by atoms with E-state index in [1.165, 1.54) is 12.1 Å². The van der Waals surface area contributed by atoms with Gasteiger partial charge in [-0.15, -0.1) is 0 Å². The van der Waals surface area contributed by atoms with Crippen LogP contribution < -0.4 is 4.18 Å². The Labute approximate surface area is 175 Å². The second kappa shape index (κ2) is 9.09. The first kappa shape index (κ1) is 21.5. The molecule has 30 heavy (non-hydrogen) atoms. The van der Waals surface area contributed by atoms with Gasteiger partial charge in [0.1, 0.15) is 11.6 Å². The van der Waals surface area contributed by atoms with Gasteiger partial charge in [0.05, 0.1) is 6.26 Å². The Morgan fingerprint density at radius 1 is 0.867 bits per heavy atom. The Balaban J connectivity index is 1.83. The number of hydrogen-bond donors (Lipinski definition) is 0. The molecule has 0 saturated heterocycles. The van der Waals surface area contributed by atoms with Crippen molar-refractivity contribution in [3.63, 3.8) is 0 Å². The number of nitrogens with zero attached hydrogens (tertiary/aromatic N) is 1. The highest BCUT2D eigenvalue weighted by molar-refractivity contribution is 7.86. The van der Waals surface area contributed by atoms with Crippen molar-refractivity contribution in [2.24, 2.45) is 0 Å². The first-order valence-electron chi connectivity index (χ1n) is 9.28. The first-order chi connectivity index (χ1) is 14.2. The minimum absolute atomic E-state index is 0.157. The number of halogens is 1. The molecule has 0 radical (unpaired) electrons. The van der Waals surface area contributed by atoms with E-state index in [1.807, 2.05) is 19.1 Å². The van der Waals surface area contributed by atoms with Gasteiger partial charge in [-0.1, -0.05) is 42.0 Å². The quantitative estimate of drug-likeness (QED) is 0.527. The summed E-state index contributed by atoms with van der Waals surface area (Å²) in [7, 11) is -3.61. The SMILES string of the molecule is Cc1ccc(C(=O)N(Cc2ccc(F)cc2)Cc2ccc(OS(C)(=O)=O)cc2)cc1. The van der Waals surface area contributed by atoms with Crippen LogP contribution in [-0.2, 0) is 23.2 Å². The molecule has 0 saturated carbocycles. The molecule has 7 heteroatoms. The maximum atomic E-state index is 13.3. The molecule has 0 bridgehead atoms. The largest absolute Gasteiger partial charge is 0.383 e. The van der Waals surface area contributed by atoms with Crippen LogP contribution in [0.1, 0.15) is 27.0 Å². The van der Waals surface area contributed by atoms with Gasteiger partial charge in [-0.25, -0.2) is 4.39 Å². The second-order valence-electron chi connectivity index (χ2n) is 7.09. The zero-order chi connectivity index (χ0) is 21.7. The van der Waals surface area contributed by atoms with E-state index < -0.39 is 10.1 Å². The molecule has 5 nitrogen and oxygen atoms in total. The minimum Gasteiger partial charge on any atom is -0.383 e. The van der Waals surface area contributed by atoms with Gasteiger partial charge in [0.2, 0.25) is 0 Å². The molecule has 0 unspecified atom stereocenters. The Bertz CT molecular complexity index is 1110. The highest BCUT2D eigenvalue weighted by Crippen LogP contribution is 2.19. The van der Waals surface area contributed by atoms with Crippen molar-refractivity contribution in [3.05, 3.63) is 101 Å². The summed E-state index contributed by atoms with van der Waals surface area (Å²) in [5, 5.41) is 0. The van der Waals surface area contributed by atoms with Crippen LogP contribution in [0.25, 0.3) is 0 Å². The van der Waals surface area contributed by atoms with Crippen molar-refractivity contribution >= 4 is 16.0 Å². The van der Waals surface area contributed by atoms with Crippen LogP contribution in [0.15, 0.2) is 72.8 Å². The van der Waals surface area contributed by atoms with Gasteiger partial charge < -0.3 is 9.08 Å². The van der Waals surface area contributed by atoms with E-state index >= 15 is 0 Å². The standard InChI is InChI=1S/C23H22FNO4S/c1-17-3-9-20(10-4-17)23(26)25(15-18-5-11-21(24)12-6-18)16-19-7-13-22(14-8-19)29-30(2,27)28/h3-14H,15-16H2,1-2H3. The predicted octanol–water partition coefficient (Wildman–Crippen LogP) is 4.32. The van der Waals surface area contributed by atoms with E-state index in [9.17, 15) is 17.6 Å². The average Bonchev–Trinajstić information content (AvgIpc) is 2.69. The van der Waals surface area contributed by atoms with Crippen LogP contribution in [-0.4, -0.2) is 25.5 Å². The van der Waals surface area contributed by atoms with Crippen molar-refractivity contribution in [3.8, 4) is 5.75 Å². The molecule has 3 aromatic rings. The van der Waals surface area contributed by atoms with Gasteiger partial charge in [0.15, 0.2) is 0 Å². The Morgan fingerprint density at radius 2 is 1.37 bits per heavy atom. The number of aryl methyl sites for hydroxylation is 1. The van der Waals surface area contributed by atoms with Crippen LogP contribution in [0.4, 0.5) is 4.39 Å². The molecule has 0 N–H and O–H groups in total. The topological polar surface area (TPSA) is 63.7 Å². The lowest BCUT2D eigenvalue weighted by Crippen LogP contribution is -2.30. The fourth-order valence-corrected chi connectivity index (χ4v) is 3.39. The highest BCUT2D eigenvalue weighted by atomic mass is 32.2. The third-order valence-electron chi connectivity index (χ3n) is 4.42. The van der Waals surface area contributed by atoms with Crippen LogP contribution in [0.5, 0.6) is 5.75 Å². The third kappa shape index (κ3) is 6.15. The number of carbonyl (C=O) groups excluding carboxylic acids is 1. The Kier molecular flexibility index (Phi) is 6.52. The molecule has 3 rings (SSSR count). The normalized spacial score (nSPS) is 11.2. The molecule has 3 aromatic carbocycles. The zero-order valence-corrected chi connectivity index (χ0v) is 17.5. The molecule has 0 spiro atoms. The van der Waals surface area contributed by atoms with E-state index in [0.717, 1.165) is 22.9 Å². The summed E-state index contributed by atoms with van der Waals surface area (Å²) in [6.07, 6.45) is 0.978. The lowest BCUT2D eigenvalue weighted by atomic mass is 10.1. The van der Waals surface area contributed by atoms with Gasteiger partial charge in [0.25, 0.3) is 5.91 Å². The molecule has 0 atom stereocenters. The Hall–Kier alpha value is -3.19. The van der Waals surface area contributed by atoms with Crippen molar-refractivity contribution in [1.29, 1.82) is 0 Å². The summed E-state index contributed by atoms with van der Waals surface area (Å²) >= 11 is 0. The van der Waals surface area contributed by atoms with Gasteiger partial charge >= 0.3 is 10.1 Å². The van der Waals surface area contributed by atoms with Gasteiger partial charge in [-0.05, 0) is 54.4 Å². The molecule has 0 heterocycles. The van der Waals surface area contributed by atoms with E-state index in [2.05, 4.69) is 0 Å². The van der Waals surface area contributed by atoms with Crippen molar-refractivity contribution in [2.45, 2.75) is 20.0 Å². The van der Waals surface area contributed by atoms with Crippen LogP contribution >= 0.6 is 0 Å². The van der Waals surface area contributed by atoms with Crippen LogP contribution in [0.2, 0.25) is 0 Å². The number of rotatable bonds is 7. The second-order valence-corrected chi connectivity index (χ2v) is 8.66. The van der Waals surface area contributed by atoms with Gasteiger partial charge in [-0.3, -0.25) is 4.79 Å². The fraction of sp³-hybridized carbons (Fsp3) is 0.174. The molecular weight excluding hydrogens is 405 g/mol. The Morgan fingerprint density at radius 3 is 1.87 bits per heavy atom. The van der Waals surface area contributed by atoms with Crippen molar-refractivity contribution in [1.82, 2.24) is 4.90 Å². The molecule has 1 amide bonds. The lowest BCUT2D eigenvalue weighted by Gasteiger charge is -2.23. The molecule has 0 aromatic heterocycles. The third-order valence-corrected chi connectivity index (χ3v) is 4.91. The van der Waals surface area contributed by atoms with Crippen LogP contribution in [0.3, 0.4) is 0 Å². The molecule has 0 aliphatic heterocycles. The van der Waals surface area contributed by atoms with Crippen molar-refractivity contribution < 1.29 is 21.8 Å². The lowest BCUT2D eigenvalue weighted by molar-refractivity contribution is 0.0730. The van der Waals surface area contributed by atoms with Gasteiger partial charge in [0, 0.05) is 18.7 Å². The fourth-order valence-electron chi connectivity index (χ4n) is 2.93. The number of benzene rings is 3. The predicted molar refractivity (Wildman–Crippen MR) is 113 cm³/mol. The maximum absolute atomic E-state index is 13.3. The van der Waals surface area contributed by atoms with Crippen LogP contribution in [0, 0.1) is 12.7 Å². The number of amides is 1. The summed E-state index contributed by atoms with van der Waals surface area (Å²) in [5.74, 6) is -0.288. The summed E-state index contributed by atoms with van der Waals surface area (Å²) in [6, 6.07) is 19.8. The first-order valence-corrected chi connectivity index (χ1v) is 11.1. The molecule has 156 valence electrons. The maximum Gasteiger partial charge on any atom is 0.306 e. The molecular formula is C23H22FNO4S. The smallest absolute Gasteiger partial charge is 0.306 e.